The zero-order valence-corrected chi connectivity index (χ0v) is 10.1. The third kappa shape index (κ3) is 3.69. The number of nitrogen functional groups attached to an aromatic ring is 1. The lowest BCUT2D eigenvalue weighted by molar-refractivity contribution is 0.0939. The Bertz CT molecular complexity index is 439. The van der Waals surface area contributed by atoms with E-state index in [1.54, 1.807) is 0 Å². The van der Waals surface area contributed by atoms with Crippen LogP contribution in [0.15, 0.2) is 12.1 Å². The highest BCUT2D eigenvalue weighted by Gasteiger charge is 2.17. The fourth-order valence-corrected chi connectivity index (χ4v) is 1.20. The maximum Gasteiger partial charge on any atom is 0.253 e. The Labute approximate surface area is 99.0 Å². The third-order valence-corrected chi connectivity index (χ3v) is 2.12. The van der Waals surface area contributed by atoms with E-state index < -0.39 is 17.5 Å². The molecule has 0 aliphatic heterocycles. The number of rotatable bonds is 2. The van der Waals surface area contributed by atoms with Crippen molar-refractivity contribution >= 4 is 11.6 Å². The van der Waals surface area contributed by atoms with Crippen molar-refractivity contribution in [3.8, 4) is 0 Å². The number of amides is 1. The van der Waals surface area contributed by atoms with Gasteiger partial charge in [-0.2, -0.15) is 0 Å². The number of nitrogens with one attached hydrogen (secondary N) is 1. The lowest BCUT2D eigenvalue weighted by atomic mass is 9.97. The fourth-order valence-electron chi connectivity index (χ4n) is 1.20. The van der Waals surface area contributed by atoms with Crippen LogP contribution < -0.4 is 11.1 Å². The largest absolute Gasteiger partial charge is 0.398 e. The molecular formula is C12H16F2N2O. The van der Waals surface area contributed by atoms with Crippen LogP contribution >= 0.6 is 0 Å². The van der Waals surface area contributed by atoms with Gasteiger partial charge in [-0.15, -0.1) is 0 Å². The number of carbonyl (C=O) groups is 1. The number of halogens is 2. The van der Waals surface area contributed by atoms with E-state index in [1.807, 2.05) is 20.8 Å². The van der Waals surface area contributed by atoms with Gasteiger partial charge in [0.15, 0.2) is 11.6 Å². The molecular weight excluding hydrogens is 226 g/mol. The molecule has 0 radical (unpaired) electrons. The minimum absolute atomic E-state index is 0.0480. The molecule has 3 nitrogen and oxygen atoms in total. The van der Waals surface area contributed by atoms with E-state index in [-0.39, 0.29) is 16.7 Å². The van der Waals surface area contributed by atoms with E-state index in [0.717, 1.165) is 12.1 Å². The average Bonchev–Trinajstić information content (AvgIpc) is 2.19. The Balaban J connectivity index is 2.86. The van der Waals surface area contributed by atoms with Crippen LogP contribution in [-0.4, -0.2) is 12.5 Å². The second kappa shape index (κ2) is 4.69. The molecule has 0 fully saturated rings. The van der Waals surface area contributed by atoms with Crippen LogP contribution in [0.4, 0.5) is 14.5 Å². The quantitative estimate of drug-likeness (QED) is 0.782. The number of anilines is 1. The molecule has 94 valence electrons. The van der Waals surface area contributed by atoms with E-state index in [0.29, 0.717) is 6.54 Å². The molecule has 0 bridgehead atoms. The zero-order valence-electron chi connectivity index (χ0n) is 10.1. The van der Waals surface area contributed by atoms with E-state index in [4.69, 9.17) is 5.73 Å². The summed E-state index contributed by atoms with van der Waals surface area (Å²) in [5, 5.41) is 2.62. The predicted octanol–water partition coefficient (Wildman–Crippen LogP) is 2.32. The summed E-state index contributed by atoms with van der Waals surface area (Å²) in [4.78, 5) is 11.7. The van der Waals surface area contributed by atoms with Crippen molar-refractivity contribution < 1.29 is 13.6 Å². The molecule has 0 saturated carbocycles. The number of hydrogen-bond donors (Lipinski definition) is 2. The first-order valence-corrected chi connectivity index (χ1v) is 5.23. The van der Waals surface area contributed by atoms with Gasteiger partial charge in [-0.1, -0.05) is 20.8 Å². The summed E-state index contributed by atoms with van der Waals surface area (Å²) in [6.07, 6.45) is 0. The molecule has 0 heterocycles. The molecule has 0 aromatic heterocycles. The average molecular weight is 242 g/mol. The van der Waals surface area contributed by atoms with Crippen molar-refractivity contribution in [1.29, 1.82) is 0 Å². The van der Waals surface area contributed by atoms with Crippen molar-refractivity contribution in [3.63, 3.8) is 0 Å². The van der Waals surface area contributed by atoms with Crippen molar-refractivity contribution in [1.82, 2.24) is 5.32 Å². The van der Waals surface area contributed by atoms with Gasteiger partial charge in [0.2, 0.25) is 0 Å². The Morgan fingerprint density at radius 3 is 2.35 bits per heavy atom. The molecule has 0 aliphatic rings. The molecule has 3 N–H and O–H groups in total. The van der Waals surface area contributed by atoms with Crippen LogP contribution in [0.5, 0.6) is 0 Å². The maximum absolute atomic E-state index is 13.0. The highest BCUT2D eigenvalue weighted by molar-refractivity contribution is 5.99. The van der Waals surface area contributed by atoms with Crippen LogP contribution in [0, 0.1) is 17.0 Å². The highest BCUT2D eigenvalue weighted by Crippen LogP contribution is 2.17. The maximum atomic E-state index is 13.0. The number of carbonyl (C=O) groups excluding carboxylic acids is 1. The van der Waals surface area contributed by atoms with Crippen molar-refractivity contribution in [2.75, 3.05) is 12.3 Å². The summed E-state index contributed by atoms with van der Waals surface area (Å²) in [5.74, 6) is -2.65. The van der Waals surface area contributed by atoms with Gasteiger partial charge in [-0.25, -0.2) is 8.78 Å². The summed E-state index contributed by atoms with van der Waals surface area (Å²) in [7, 11) is 0. The van der Waals surface area contributed by atoms with Gasteiger partial charge in [-0.3, -0.25) is 4.79 Å². The van der Waals surface area contributed by atoms with Gasteiger partial charge >= 0.3 is 0 Å². The van der Waals surface area contributed by atoms with Crippen LogP contribution in [0.3, 0.4) is 0 Å². The first-order valence-electron chi connectivity index (χ1n) is 5.23. The summed E-state index contributed by atoms with van der Waals surface area (Å²) < 4.78 is 25.8. The lowest BCUT2D eigenvalue weighted by Crippen LogP contribution is -2.32. The molecule has 1 rings (SSSR count). The molecule has 0 spiro atoms. The number of benzene rings is 1. The first kappa shape index (κ1) is 13.4. The molecule has 17 heavy (non-hydrogen) atoms. The molecule has 0 atom stereocenters. The van der Waals surface area contributed by atoms with Crippen molar-refractivity contribution in [2.45, 2.75) is 20.8 Å². The summed E-state index contributed by atoms with van der Waals surface area (Å²) in [6.45, 7) is 6.26. The summed E-state index contributed by atoms with van der Waals surface area (Å²) >= 11 is 0. The van der Waals surface area contributed by atoms with Crippen LogP contribution in [0.25, 0.3) is 0 Å². The monoisotopic (exact) mass is 242 g/mol. The highest BCUT2D eigenvalue weighted by atomic mass is 19.2. The number of nitrogens with two attached hydrogens (primary N) is 1. The molecule has 1 aromatic rings. The summed E-state index contributed by atoms with van der Waals surface area (Å²) in [6, 6.07) is 1.62. The van der Waals surface area contributed by atoms with Crippen molar-refractivity contribution in [2.24, 2.45) is 5.41 Å². The molecule has 0 unspecified atom stereocenters. The minimum Gasteiger partial charge on any atom is -0.398 e. The summed E-state index contributed by atoms with van der Waals surface area (Å²) in [5.41, 5.74) is 5.25. The van der Waals surface area contributed by atoms with E-state index in [2.05, 4.69) is 5.32 Å². The molecule has 5 heteroatoms. The van der Waals surface area contributed by atoms with Crippen LogP contribution in [0.2, 0.25) is 0 Å². The molecule has 1 amide bonds. The van der Waals surface area contributed by atoms with Gasteiger partial charge < -0.3 is 11.1 Å². The van der Waals surface area contributed by atoms with Crippen molar-refractivity contribution in [3.05, 3.63) is 29.3 Å². The smallest absolute Gasteiger partial charge is 0.253 e. The zero-order chi connectivity index (χ0) is 13.2. The number of hydrogen-bond acceptors (Lipinski definition) is 2. The Morgan fingerprint density at radius 2 is 1.82 bits per heavy atom. The van der Waals surface area contributed by atoms with E-state index >= 15 is 0 Å². The normalized spacial score (nSPS) is 11.4. The second-order valence-electron chi connectivity index (χ2n) is 5.10. The standard InChI is InChI=1S/C12H16F2N2O/c1-12(2,3)6-16-11(17)7-4-8(13)9(14)5-10(7)15/h4-5H,6,15H2,1-3H3,(H,16,17). The Morgan fingerprint density at radius 1 is 1.29 bits per heavy atom. The Hall–Kier alpha value is -1.65. The predicted molar refractivity (Wildman–Crippen MR) is 62.6 cm³/mol. The van der Waals surface area contributed by atoms with Gasteiger partial charge in [-0.05, 0) is 11.5 Å². The van der Waals surface area contributed by atoms with Gasteiger partial charge in [0.1, 0.15) is 0 Å². The van der Waals surface area contributed by atoms with Crippen LogP contribution in [0.1, 0.15) is 31.1 Å². The molecule has 0 saturated heterocycles. The second-order valence-corrected chi connectivity index (χ2v) is 5.10. The molecule has 1 aromatic carbocycles. The van der Waals surface area contributed by atoms with Gasteiger partial charge in [0.25, 0.3) is 5.91 Å². The SMILES string of the molecule is CC(C)(C)CNC(=O)c1cc(F)c(F)cc1N. The van der Waals surface area contributed by atoms with Gasteiger partial charge in [0.05, 0.1) is 5.56 Å². The lowest BCUT2D eigenvalue weighted by Gasteiger charge is -2.19. The fraction of sp³-hybridized carbons (Fsp3) is 0.417. The third-order valence-electron chi connectivity index (χ3n) is 2.12. The molecule has 0 aliphatic carbocycles. The van der Waals surface area contributed by atoms with Crippen LogP contribution in [-0.2, 0) is 0 Å². The van der Waals surface area contributed by atoms with Gasteiger partial charge in [0, 0.05) is 18.3 Å². The Kier molecular flexibility index (Phi) is 3.70. The van der Waals surface area contributed by atoms with E-state index in [9.17, 15) is 13.6 Å². The topological polar surface area (TPSA) is 55.1 Å². The first-order chi connectivity index (χ1) is 7.70. The minimum atomic E-state index is -1.08. The van der Waals surface area contributed by atoms with E-state index in [1.165, 1.54) is 0 Å².